The second kappa shape index (κ2) is 9.92. The number of hydrogen-bond acceptors (Lipinski definition) is 7. The van der Waals surface area contributed by atoms with Crippen LogP contribution in [0.2, 0.25) is 0 Å². The van der Waals surface area contributed by atoms with E-state index in [1.807, 2.05) is 47.9 Å². The minimum atomic E-state index is -0.593. The number of nitrogens with one attached hydrogen (secondary N) is 2. The van der Waals surface area contributed by atoms with Gasteiger partial charge in [-0.1, -0.05) is 30.0 Å². The van der Waals surface area contributed by atoms with Crippen molar-refractivity contribution in [1.29, 1.82) is 0 Å². The van der Waals surface area contributed by atoms with E-state index in [1.54, 1.807) is 24.5 Å². The van der Waals surface area contributed by atoms with Crippen LogP contribution in [-0.4, -0.2) is 37.4 Å². The summed E-state index contributed by atoms with van der Waals surface area (Å²) in [5.74, 6) is 0.781. The van der Waals surface area contributed by atoms with Crippen LogP contribution in [0.15, 0.2) is 76.8 Å². The highest BCUT2D eigenvalue weighted by atomic mass is 32.2. The number of carbonyl (C=O) groups is 2. The van der Waals surface area contributed by atoms with Gasteiger partial charge >= 0.3 is 6.03 Å². The third kappa shape index (κ3) is 5.03. The minimum absolute atomic E-state index is 0.00542. The molecular formula is C22H20N6O3S. The number of urea groups is 1. The molecule has 0 atom stereocenters. The molecule has 3 heterocycles. The van der Waals surface area contributed by atoms with Crippen LogP contribution in [0.4, 0.5) is 4.79 Å². The van der Waals surface area contributed by atoms with E-state index in [0.717, 1.165) is 16.8 Å². The maximum Gasteiger partial charge on any atom is 0.321 e. The van der Waals surface area contributed by atoms with Gasteiger partial charge in [-0.3, -0.25) is 19.7 Å². The highest BCUT2D eigenvalue weighted by Crippen LogP contribution is 2.29. The molecule has 0 radical (unpaired) electrons. The highest BCUT2D eigenvalue weighted by molar-refractivity contribution is 7.99. The number of thioether (sulfide) groups is 1. The Morgan fingerprint density at radius 3 is 2.62 bits per heavy atom. The van der Waals surface area contributed by atoms with E-state index >= 15 is 0 Å². The zero-order valence-electron chi connectivity index (χ0n) is 17.2. The molecule has 4 aromatic rings. The van der Waals surface area contributed by atoms with E-state index in [0.29, 0.717) is 16.7 Å². The van der Waals surface area contributed by atoms with Gasteiger partial charge in [0.1, 0.15) is 5.76 Å². The molecule has 0 spiro atoms. The molecule has 10 heteroatoms. The maximum atomic E-state index is 12.3. The van der Waals surface area contributed by atoms with E-state index in [9.17, 15) is 9.59 Å². The molecule has 0 saturated heterocycles. The van der Waals surface area contributed by atoms with Crippen molar-refractivity contribution in [2.45, 2.75) is 18.6 Å². The summed E-state index contributed by atoms with van der Waals surface area (Å²) < 4.78 is 7.05. The molecule has 0 saturated carbocycles. The smallest absolute Gasteiger partial charge is 0.321 e. The van der Waals surface area contributed by atoms with Gasteiger partial charge < -0.3 is 9.73 Å². The van der Waals surface area contributed by atoms with Crippen LogP contribution in [0, 0.1) is 6.92 Å². The summed E-state index contributed by atoms with van der Waals surface area (Å²) in [4.78, 5) is 28.3. The lowest BCUT2D eigenvalue weighted by molar-refractivity contribution is -0.117. The Bertz CT molecular complexity index is 1210. The predicted octanol–water partition coefficient (Wildman–Crippen LogP) is 3.35. The third-order valence-electron chi connectivity index (χ3n) is 4.52. The molecule has 3 amide bonds. The number of imide groups is 1. The molecule has 0 aliphatic heterocycles. The van der Waals surface area contributed by atoms with E-state index in [-0.39, 0.29) is 12.3 Å². The van der Waals surface area contributed by atoms with Crippen LogP contribution >= 0.6 is 11.8 Å². The Balaban J connectivity index is 1.47. The summed E-state index contributed by atoms with van der Waals surface area (Å²) in [7, 11) is 0. The molecule has 0 aliphatic carbocycles. The van der Waals surface area contributed by atoms with Crippen molar-refractivity contribution in [2.24, 2.45) is 0 Å². The SMILES string of the molecule is Cc1ccccc1-n1c(SCC(=O)NC(=O)NCc2ccco2)nnc1-c1ccncc1. The number of para-hydroxylation sites is 1. The summed E-state index contributed by atoms with van der Waals surface area (Å²) in [5.41, 5.74) is 2.79. The number of aryl methyl sites for hydroxylation is 1. The van der Waals surface area contributed by atoms with Crippen LogP contribution in [0.25, 0.3) is 17.1 Å². The molecule has 162 valence electrons. The van der Waals surface area contributed by atoms with Gasteiger partial charge in [-0.25, -0.2) is 4.79 Å². The molecule has 3 aromatic heterocycles. The Morgan fingerprint density at radius 2 is 1.88 bits per heavy atom. The van der Waals surface area contributed by atoms with E-state index in [1.165, 1.54) is 18.0 Å². The van der Waals surface area contributed by atoms with Crippen molar-refractivity contribution >= 4 is 23.7 Å². The lowest BCUT2D eigenvalue weighted by Crippen LogP contribution is -2.39. The van der Waals surface area contributed by atoms with Crippen LogP contribution in [-0.2, 0) is 11.3 Å². The molecule has 0 aliphatic rings. The van der Waals surface area contributed by atoms with Gasteiger partial charge in [0.25, 0.3) is 0 Å². The van der Waals surface area contributed by atoms with E-state index in [4.69, 9.17) is 4.42 Å². The number of hydrogen-bond donors (Lipinski definition) is 2. The molecule has 4 rings (SSSR count). The molecule has 0 bridgehead atoms. The van der Waals surface area contributed by atoms with E-state index < -0.39 is 11.9 Å². The average Bonchev–Trinajstić information content (AvgIpc) is 3.47. The summed E-state index contributed by atoms with van der Waals surface area (Å²) >= 11 is 1.20. The first-order valence-corrected chi connectivity index (χ1v) is 10.7. The largest absolute Gasteiger partial charge is 0.467 e. The first-order valence-electron chi connectivity index (χ1n) is 9.76. The zero-order chi connectivity index (χ0) is 22.3. The van der Waals surface area contributed by atoms with Gasteiger partial charge in [-0.15, -0.1) is 10.2 Å². The van der Waals surface area contributed by atoms with Gasteiger partial charge in [0.05, 0.1) is 24.2 Å². The number of carbonyl (C=O) groups excluding carboxylic acids is 2. The quantitative estimate of drug-likeness (QED) is 0.417. The molecule has 9 nitrogen and oxygen atoms in total. The van der Waals surface area contributed by atoms with Crippen LogP contribution < -0.4 is 10.6 Å². The van der Waals surface area contributed by atoms with Gasteiger partial charge in [0, 0.05) is 18.0 Å². The second-order valence-corrected chi connectivity index (χ2v) is 7.71. The number of aromatic nitrogens is 4. The number of nitrogens with zero attached hydrogens (tertiary/aromatic N) is 4. The van der Waals surface area contributed by atoms with Gasteiger partial charge in [-0.2, -0.15) is 0 Å². The topological polar surface area (TPSA) is 115 Å². The predicted molar refractivity (Wildman–Crippen MR) is 119 cm³/mol. The van der Waals surface area contributed by atoms with Crippen molar-refractivity contribution in [3.63, 3.8) is 0 Å². The van der Waals surface area contributed by atoms with Crippen LogP contribution in [0.5, 0.6) is 0 Å². The monoisotopic (exact) mass is 448 g/mol. The number of rotatable bonds is 7. The van der Waals surface area contributed by atoms with Crippen LogP contribution in [0.1, 0.15) is 11.3 Å². The molecule has 1 aromatic carbocycles. The lowest BCUT2D eigenvalue weighted by Gasteiger charge is -2.12. The molecule has 0 fully saturated rings. The van der Waals surface area contributed by atoms with Crippen molar-refractivity contribution in [1.82, 2.24) is 30.4 Å². The number of amides is 3. The first kappa shape index (κ1) is 21.3. The lowest BCUT2D eigenvalue weighted by atomic mass is 10.2. The second-order valence-electron chi connectivity index (χ2n) is 6.76. The molecular weight excluding hydrogens is 428 g/mol. The number of furan rings is 1. The Morgan fingerprint density at radius 1 is 1.06 bits per heavy atom. The van der Waals surface area contributed by atoms with Crippen LogP contribution in [0.3, 0.4) is 0 Å². The normalized spacial score (nSPS) is 10.7. The maximum absolute atomic E-state index is 12.3. The molecule has 32 heavy (non-hydrogen) atoms. The Hall–Kier alpha value is -3.92. The first-order chi connectivity index (χ1) is 15.6. The van der Waals surface area contributed by atoms with Gasteiger partial charge in [0.15, 0.2) is 11.0 Å². The standard InChI is InChI=1S/C22H20N6O3S/c1-15-5-2-3-7-18(15)28-20(16-8-10-23-11-9-16)26-27-22(28)32-14-19(29)25-21(30)24-13-17-6-4-12-31-17/h2-12H,13-14H2,1H3,(H2,24,25,29,30). The van der Waals surface area contributed by atoms with Crippen molar-refractivity contribution in [3.05, 3.63) is 78.5 Å². The van der Waals surface area contributed by atoms with Crippen molar-refractivity contribution in [2.75, 3.05) is 5.75 Å². The summed E-state index contributed by atoms with van der Waals surface area (Å²) in [6, 6.07) is 14.4. The fourth-order valence-electron chi connectivity index (χ4n) is 3.00. The zero-order valence-corrected chi connectivity index (χ0v) is 18.0. The number of benzene rings is 1. The van der Waals surface area contributed by atoms with Crippen molar-refractivity contribution < 1.29 is 14.0 Å². The molecule has 2 N–H and O–H groups in total. The number of pyridine rings is 1. The fourth-order valence-corrected chi connectivity index (χ4v) is 3.75. The summed E-state index contributed by atoms with van der Waals surface area (Å²) in [6.07, 6.45) is 4.89. The average molecular weight is 449 g/mol. The Labute approximate surface area is 188 Å². The van der Waals surface area contributed by atoms with E-state index in [2.05, 4.69) is 25.8 Å². The summed E-state index contributed by atoms with van der Waals surface area (Å²) in [5, 5.41) is 14.1. The molecule has 0 unspecified atom stereocenters. The Kier molecular flexibility index (Phi) is 6.61. The van der Waals surface area contributed by atoms with Gasteiger partial charge in [0.2, 0.25) is 5.91 Å². The third-order valence-corrected chi connectivity index (χ3v) is 5.45. The highest BCUT2D eigenvalue weighted by Gasteiger charge is 2.19. The fraction of sp³-hybridized carbons (Fsp3) is 0.136. The summed E-state index contributed by atoms with van der Waals surface area (Å²) in [6.45, 7) is 2.19. The van der Waals surface area contributed by atoms with Gasteiger partial charge in [-0.05, 0) is 42.8 Å². The minimum Gasteiger partial charge on any atom is -0.467 e. The van der Waals surface area contributed by atoms with Crippen molar-refractivity contribution in [3.8, 4) is 17.1 Å².